The average Bonchev–Trinajstić information content (AvgIpc) is 2.86. The Bertz CT molecular complexity index is 365. The fourth-order valence-electron chi connectivity index (χ4n) is 2.45. The number of nitrogens with zero attached hydrogens (tertiary/aromatic N) is 3. The number of hydrogen-bond donors (Lipinski definition) is 1. The molecule has 1 rings (SSSR count). The lowest BCUT2D eigenvalue weighted by atomic mass is 9.96. The van der Waals surface area contributed by atoms with E-state index in [4.69, 9.17) is 4.74 Å². The summed E-state index contributed by atoms with van der Waals surface area (Å²) in [5, 5.41) is 11.9. The molecule has 0 saturated carbocycles. The normalized spacial score (nSPS) is 14.7. The van der Waals surface area contributed by atoms with Crippen molar-refractivity contribution in [3.8, 4) is 0 Å². The molecular weight excluding hydrogens is 252 g/mol. The maximum Gasteiger partial charge on any atom is 0.0808 e. The van der Waals surface area contributed by atoms with Crippen LogP contribution >= 0.6 is 0 Å². The van der Waals surface area contributed by atoms with Crippen LogP contribution < -0.4 is 5.32 Å². The molecule has 0 amide bonds. The van der Waals surface area contributed by atoms with Gasteiger partial charge in [0.25, 0.3) is 0 Å². The van der Waals surface area contributed by atoms with Gasteiger partial charge < -0.3 is 10.1 Å². The molecule has 5 heteroatoms. The maximum atomic E-state index is 5.99. The average molecular weight is 282 g/mol. The second-order valence-corrected chi connectivity index (χ2v) is 5.48. The molecule has 1 N–H and O–H groups in total. The number of hydrogen-bond acceptors (Lipinski definition) is 4. The predicted octanol–water partition coefficient (Wildman–Crippen LogP) is 2.79. The van der Waals surface area contributed by atoms with E-state index >= 15 is 0 Å². The Hall–Kier alpha value is -0.940. The van der Waals surface area contributed by atoms with E-state index in [2.05, 4.69) is 43.3 Å². The summed E-state index contributed by atoms with van der Waals surface area (Å²) in [6.45, 7) is 13.4. The Kier molecular flexibility index (Phi) is 7.77. The van der Waals surface area contributed by atoms with Gasteiger partial charge in [-0.3, -0.25) is 0 Å². The first kappa shape index (κ1) is 17.1. The molecule has 0 aliphatic rings. The standard InChI is InChI=1S/C15H30N4O/c1-6-9-16-14(15(12(4)5)20-8-3)13-11-17-18-19(13)10-7-2/h11-12,14-16H,6-10H2,1-5H3. The molecule has 2 unspecified atom stereocenters. The molecule has 0 aliphatic carbocycles. The molecule has 0 aliphatic heterocycles. The van der Waals surface area contributed by atoms with Gasteiger partial charge in [0, 0.05) is 13.2 Å². The molecule has 0 saturated heterocycles. The van der Waals surface area contributed by atoms with Crippen molar-refractivity contribution in [3.63, 3.8) is 0 Å². The van der Waals surface area contributed by atoms with Crippen molar-refractivity contribution in [1.29, 1.82) is 0 Å². The van der Waals surface area contributed by atoms with Crippen molar-refractivity contribution < 1.29 is 4.74 Å². The summed E-state index contributed by atoms with van der Waals surface area (Å²) in [7, 11) is 0. The summed E-state index contributed by atoms with van der Waals surface area (Å²) in [6, 6.07) is 0.149. The van der Waals surface area contributed by atoms with E-state index in [1.807, 2.05) is 17.8 Å². The Morgan fingerprint density at radius 3 is 2.55 bits per heavy atom. The summed E-state index contributed by atoms with van der Waals surface area (Å²) in [5.41, 5.74) is 1.13. The summed E-state index contributed by atoms with van der Waals surface area (Å²) in [5.74, 6) is 0.439. The van der Waals surface area contributed by atoms with Gasteiger partial charge in [-0.15, -0.1) is 5.10 Å². The molecule has 1 aromatic heterocycles. The zero-order valence-corrected chi connectivity index (χ0v) is 13.6. The van der Waals surface area contributed by atoms with Crippen LogP contribution in [0.1, 0.15) is 59.2 Å². The monoisotopic (exact) mass is 282 g/mol. The highest BCUT2D eigenvalue weighted by Gasteiger charge is 2.29. The van der Waals surface area contributed by atoms with Gasteiger partial charge >= 0.3 is 0 Å². The van der Waals surface area contributed by atoms with Crippen molar-refractivity contribution in [1.82, 2.24) is 20.3 Å². The van der Waals surface area contributed by atoms with E-state index in [-0.39, 0.29) is 12.1 Å². The third-order valence-corrected chi connectivity index (χ3v) is 3.36. The van der Waals surface area contributed by atoms with Gasteiger partial charge in [0.2, 0.25) is 0 Å². The molecule has 0 aromatic carbocycles. The molecule has 2 atom stereocenters. The smallest absolute Gasteiger partial charge is 0.0808 e. The second kappa shape index (κ2) is 9.08. The molecule has 0 fully saturated rings. The van der Waals surface area contributed by atoms with E-state index in [9.17, 15) is 0 Å². The topological polar surface area (TPSA) is 52.0 Å². The fourth-order valence-corrected chi connectivity index (χ4v) is 2.45. The van der Waals surface area contributed by atoms with Crippen LogP contribution in [-0.4, -0.2) is 34.2 Å². The van der Waals surface area contributed by atoms with E-state index in [0.717, 1.165) is 38.2 Å². The number of ether oxygens (including phenoxy) is 1. The molecule has 116 valence electrons. The lowest BCUT2D eigenvalue weighted by Crippen LogP contribution is -2.39. The quantitative estimate of drug-likeness (QED) is 0.717. The number of aryl methyl sites for hydroxylation is 1. The van der Waals surface area contributed by atoms with Gasteiger partial charge in [-0.1, -0.05) is 32.9 Å². The predicted molar refractivity (Wildman–Crippen MR) is 81.6 cm³/mol. The van der Waals surface area contributed by atoms with Gasteiger partial charge in [0.1, 0.15) is 0 Å². The molecule has 0 spiro atoms. The first-order chi connectivity index (χ1) is 9.65. The third-order valence-electron chi connectivity index (χ3n) is 3.36. The molecule has 5 nitrogen and oxygen atoms in total. The Morgan fingerprint density at radius 1 is 1.25 bits per heavy atom. The van der Waals surface area contributed by atoms with Gasteiger partial charge in [-0.25, -0.2) is 4.68 Å². The minimum atomic E-state index is 0.139. The van der Waals surface area contributed by atoms with Crippen molar-refractivity contribution in [2.45, 2.75) is 66.2 Å². The highest BCUT2D eigenvalue weighted by molar-refractivity contribution is 5.06. The summed E-state index contributed by atoms with van der Waals surface area (Å²) in [6.07, 6.45) is 4.17. The van der Waals surface area contributed by atoms with Gasteiger partial charge in [-0.2, -0.15) is 0 Å². The molecule has 0 radical (unpaired) electrons. The number of rotatable bonds is 10. The molecule has 20 heavy (non-hydrogen) atoms. The second-order valence-electron chi connectivity index (χ2n) is 5.48. The minimum absolute atomic E-state index is 0.139. The van der Waals surface area contributed by atoms with Crippen molar-refractivity contribution in [2.75, 3.05) is 13.2 Å². The first-order valence-electron chi connectivity index (χ1n) is 7.88. The number of nitrogens with one attached hydrogen (secondary N) is 1. The van der Waals surface area contributed by atoms with E-state index in [0.29, 0.717) is 5.92 Å². The Morgan fingerprint density at radius 2 is 2.00 bits per heavy atom. The lowest BCUT2D eigenvalue weighted by molar-refractivity contribution is 0.000730. The van der Waals surface area contributed by atoms with E-state index < -0.39 is 0 Å². The van der Waals surface area contributed by atoms with E-state index in [1.165, 1.54) is 0 Å². The molecule has 1 heterocycles. The van der Waals surface area contributed by atoms with Crippen LogP contribution in [0.2, 0.25) is 0 Å². The molecule has 1 aromatic rings. The van der Waals surface area contributed by atoms with Crippen LogP contribution in [0.25, 0.3) is 0 Å². The van der Waals surface area contributed by atoms with Crippen LogP contribution in [0.3, 0.4) is 0 Å². The van der Waals surface area contributed by atoms with Crippen LogP contribution in [0, 0.1) is 5.92 Å². The fraction of sp³-hybridized carbons (Fsp3) is 0.867. The highest BCUT2D eigenvalue weighted by Crippen LogP contribution is 2.24. The van der Waals surface area contributed by atoms with Crippen LogP contribution in [0.15, 0.2) is 6.20 Å². The van der Waals surface area contributed by atoms with Crippen LogP contribution in [0.5, 0.6) is 0 Å². The first-order valence-corrected chi connectivity index (χ1v) is 7.88. The van der Waals surface area contributed by atoms with Crippen LogP contribution in [0.4, 0.5) is 0 Å². The Labute approximate surface area is 123 Å². The lowest BCUT2D eigenvalue weighted by Gasteiger charge is -2.31. The highest BCUT2D eigenvalue weighted by atomic mass is 16.5. The van der Waals surface area contributed by atoms with Gasteiger partial charge in [-0.05, 0) is 32.2 Å². The summed E-state index contributed by atoms with van der Waals surface area (Å²) in [4.78, 5) is 0. The third kappa shape index (κ3) is 4.56. The zero-order valence-electron chi connectivity index (χ0n) is 13.6. The summed E-state index contributed by atoms with van der Waals surface area (Å²) >= 11 is 0. The van der Waals surface area contributed by atoms with Crippen LogP contribution in [-0.2, 0) is 11.3 Å². The van der Waals surface area contributed by atoms with E-state index in [1.54, 1.807) is 0 Å². The zero-order chi connectivity index (χ0) is 15.0. The van der Waals surface area contributed by atoms with Crippen molar-refractivity contribution >= 4 is 0 Å². The summed E-state index contributed by atoms with van der Waals surface area (Å²) < 4.78 is 7.99. The molecule has 0 bridgehead atoms. The molecular formula is C15H30N4O. The van der Waals surface area contributed by atoms with Crippen molar-refractivity contribution in [3.05, 3.63) is 11.9 Å². The van der Waals surface area contributed by atoms with Gasteiger partial charge in [0.15, 0.2) is 0 Å². The number of aromatic nitrogens is 3. The SMILES string of the molecule is CCCNC(c1cnnn1CCC)C(OCC)C(C)C. The largest absolute Gasteiger partial charge is 0.376 e. The minimum Gasteiger partial charge on any atom is -0.376 e. The maximum absolute atomic E-state index is 5.99. The van der Waals surface area contributed by atoms with Gasteiger partial charge in [0.05, 0.1) is 24.0 Å². The van der Waals surface area contributed by atoms with Crippen molar-refractivity contribution in [2.24, 2.45) is 5.92 Å². The Balaban J connectivity index is 2.99.